The standard InChI is InChI=1S/C10H8OS3/c1-13-8-5-14-10-7(12)3-2-6(4-11)9(8)10/h2-5,12H,1H3. The predicted octanol–water partition coefficient (Wildman–Crippen LogP) is 3.72. The molecule has 14 heavy (non-hydrogen) atoms. The van der Waals surface area contributed by atoms with Crippen molar-refractivity contribution in [2.45, 2.75) is 9.79 Å². The molecular formula is C10H8OS3. The average molecular weight is 240 g/mol. The summed E-state index contributed by atoms with van der Waals surface area (Å²) in [6, 6.07) is 3.69. The highest BCUT2D eigenvalue weighted by Crippen LogP contribution is 2.37. The fraction of sp³-hybridized carbons (Fsp3) is 0.100. The van der Waals surface area contributed by atoms with Gasteiger partial charge < -0.3 is 0 Å². The number of hydrogen-bond donors (Lipinski definition) is 1. The summed E-state index contributed by atoms with van der Waals surface area (Å²) in [4.78, 5) is 13.0. The van der Waals surface area contributed by atoms with E-state index in [0.717, 1.165) is 31.7 Å². The number of hydrogen-bond acceptors (Lipinski definition) is 4. The lowest BCUT2D eigenvalue weighted by Gasteiger charge is -2.00. The molecule has 1 aromatic carbocycles. The van der Waals surface area contributed by atoms with Crippen LogP contribution in [0.3, 0.4) is 0 Å². The van der Waals surface area contributed by atoms with Crippen LogP contribution in [0.4, 0.5) is 0 Å². The van der Waals surface area contributed by atoms with Gasteiger partial charge >= 0.3 is 0 Å². The second-order valence-corrected chi connectivity index (χ2v) is 5.01. The summed E-state index contributed by atoms with van der Waals surface area (Å²) >= 11 is 7.67. The van der Waals surface area contributed by atoms with E-state index in [1.54, 1.807) is 23.1 Å². The van der Waals surface area contributed by atoms with Gasteiger partial charge in [-0.05, 0) is 18.4 Å². The number of fused-ring (bicyclic) bond motifs is 1. The first-order valence-electron chi connectivity index (χ1n) is 4.00. The molecule has 2 aromatic rings. The fourth-order valence-electron chi connectivity index (χ4n) is 1.38. The largest absolute Gasteiger partial charge is 0.298 e. The van der Waals surface area contributed by atoms with Crippen LogP contribution < -0.4 is 0 Å². The summed E-state index contributed by atoms with van der Waals surface area (Å²) in [5, 5.41) is 3.12. The number of aldehydes is 1. The van der Waals surface area contributed by atoms with Crippen molar-refractivity contribution >= 4 is 52.1 Å². The molecular weight excluding hydrogens is 232 g/mol. The van der Waals surface area contributed by atoms with Crippen molar-refractivity contribution < 1.29 is 4.79 Å². The molecule has 72 valence electrons. The maximum absolute atomic E-state index is 10.9. The van der Waals surface area contributed by atoms with Gasteiger partial charge in [-0.1, -0.05) is 0 Å². The molecule has 0 unspecified atom stereocenters. The van der Waals surface area contributed by atoms with Crippen LogP contribution in [0.15, 0.2) is 27.3 Å². The van der Waals surface area contributed by atoms with Gasteiger partial charge in [0.2, 0.25) is 0 Å². The van der Waals surface area contributed by atoms with Gasteiger partial charge in [-0.25, -0.2) is 0 Å². The van der Waals surface area contributed by atoms with Crippen LogP contribution in [0.25, 0.3) is 10.1 Å². The Labute approximate surface area is 95.9 Å². The Bertz CT molecular complexity index is 487. The molecule has 0 aliphatic rings. The van der Waals surface area contributed by atoms with Crippen LogP contribution >= 0.6 is 35.7 Å². The average Bonchev–Trinajstić information content (AvgIpc) is 2.63. The lowest BCUT2D eigenvalue weighted by Crippen LogP contribution is -1.82. The highest BCUT2D eigenvalue weighted by molar-refractivity contribution is 7.99. The minimum absolute atomic E-state index is 0.753. The van der Waals surface area contributed by atoms with Crippen molar-refractivity contribution in [3.63, 3.8) is 0 Å². The zero-order chi connectivity index (χ0) is 10.1. The van der Waals surface area contributed by atoms with Crippen LogP contribution in [-0.4, -0.2) is 12.5 Å². The molecule has 0 N–H and O–H groups in total. The maximum Gasteiger partial charge on any atom is 0.150 e. The number of carbonyl (C=O) groups excluding carboxylic acids is 1. The molecule has 0 spiro atoms. The van der Waals surface area contributed by atoms with E-state index in [-0.39, 0.29) is 0 Å². The Kier molecular flexibility index (Phi) is 2.85. The second-order valence-electron chi connectivity index (χ2n) is 2.80. The summed E-state index contributed by atoms with van der Waals surface area (Å²) in [6.07, 6.45) is 2.92. The highest BCUT2D eigenvalue weighted by Gasteiger charge is 2.09. The smallest absolute Gasteiger partial charge is 0.150 e. The van der Waals surface area contributed by atoms with Crippen molar-refractivity contribution in [3.8, 4) is 0 Å². The van der Waals surface area contributed by atoms with Crippen LogP contribution in [-0.2, 0) is 0 Å². The summed E-state index contributed by atoms with van der Waals surface area (Å²) in [5.74, 6) is 0. The minimum atomic E-state index is 0.753. The monoisotopic (exact) mass is 240 g/mol. The normalized spacial score (nSPS) is 10.7. The third-order valence-electron chi connectivity index (χ3n) is 2.05. The van der Waals surface area contributed by atoms with E-state index in [4.69, 9.17) is 0 Å². The molecule has 2 rings (SSSR count). The van der Waals surface area contributed by atoms with Crippen molar-refractivity contribution in [2.75, 3.05) is 6.26 Å². The second kappa shape index (κ2) is 3.96. The minimum Gasteiger partial charge on any atom is -0.298 e. The van der Waals surface area contributed by atoms with Gasteiger partial charge in [-0.3, -0.25) is 4.79 Å². The molecule has 0 aliphatic carbocycles. The van der Waals surface area contributed by atoms with Crippen LogP contribution in [0.1, 0.15) is 10.4 Å². The number of benzene rings is 1. The van der Waals surface area contributed by atoms with Gasteiger partial charge in [0.25, 0.3) is 0 Å². The zero-order valence-electron chi connectivity index (χ0n) is 7.48. The van der Waals surface area contributed by atoms with E-state index in [0.29, 0.717) is 0 Å². The topological polar surface area (TPSA) is 17.1 Å². The SMILES string of the molecule is CSc1csc2c(S)ccc(C=O)c12. The number of rotatable bonds is 2. The van der Waals surface area contributed by atoms with Crippen molar-refractivity contribution in [3.05, 3.63) is 23.1 Å². The fourth-order valence-corrected chi connectivity index (χ4v) is 3.62. The quantitative estimate of drug-likeness (QED) is 0.489. The first kappa shape index (κ1) is 10.1. The van der Waals surface area contributed by atoms with Gasteiger partial charge in [-0.2, -0.15) is 0 Å². The van der Waals surface area contributed by atoms with Crippen LogP contribution in [0.2, 0.25) is 0 Å². The van der Waals surface area contributed by atoms with Crippen LogP contribution in [0.5, 0.6) is 0 Å². The van der Waals surface area contributed by atoms with Gasteiger partial charge in [0.05, 0.1) is 0 Å². The molecule has 0 aliphatic heterocycles. The van der Waals surface area contributed by atoms with E-state index in [9.17, 15) is 4.79 Å². The van der Waals surface area contributed by atoms with E-state index in [2.05, 4.69) is 18.0 Å². The Balaban J connectivity index is 2.88. The first-order chi connectivity index (χ1) is 6.77. The van der Waals surface area contributed by atoms with Crippen molar-refractivity contribution in [2.24, 2.45) is 0 Å². The molecule has 4 heteroatoms. The molecule has 0 radical (unpaired) electrons. The first-order valence-corrected chi connectivity index (χ1v) is 6.55. The molecule has 1 heterocycles. The molecule has 0 amide bonds. The molecule has 0 atom stereocenters. The van der Waals surface area contributed by atoms with E-state index in [1.165, 1.54) is 0 Å². The molecule has 0 saturated carbocycles. The third kappa shape index (κ3) is 1.47. The molecule has 1 nitrogen and oxygen atoms in total. The van der Waals surface area contributed by atoms with E-state index >= 15 is 0 Å². The zero-order valence-corrected chi connectivity index (χ0v) is 10.0. The Morgan fingerprint density at radius 3 is 2.93 bits per heavy atom. The lowest BCUT2D eigenvalue weighted by molar-refractivity contribution is 0.112. The Morgan fingerprint density at radius 2 is 2.29 bits per heavy atom. The summed E-state index contributed by atoms with van der Waals surface area (Å²) < 4.78 is 1.10. The number of thiophene rings is 1. The Morgan fingerprint density at radius 1 is 1.50 bits per heavy atom. The van der Waals surface area contributed by atoms with E-state index in [1.807, 2.05) is 18.4 Å². The van der Waals surface area contributed by atoms with Gasteiger partial charge in [-0.15, -0.1) is 35.7 Å². The van der Waals surface area contributed by atoms with E-state index < -0.39 is 0 Å². The summed E-state index contributed by atoms with van der Waals surface area (Å²) in [5.41, 5.74) is 0.753. The molecule has 0 saturated heterocycles. The molecule has 1 aromatic heterocycles. The number of thioether (sulfide) groups is 1. The van der Waals surface area contributed by atoms with Gasteiger partial charge in [0.15, 0.2) is 6.29 Å². The van der Waals surface area contributed by atoms with Crippen molar-refractivity contribution in [1.29, 1.82) is 0 Å². The van der Waals surface area contributed by atoms with Crippen LogP contribution in [0, 0.1) is 0 Å². The number of thiol groups is 1. The summed E-state index contributed by atoms with van der Waals surface area (Å²) in [6.45, 7) is 0. The van der Waals surface area contributed by atoms with Gasteiger partial charge in [0, 0.05) is 30.8 Å². The highest BCUT2D eigenvalue weighted by atomic mass is 32.2. The summed E-state index contributed by atoms with van der Waals surface area (Å²) in [7, 11) is 0. The lowest BCUT2D eigenvalue weighted by atomic mass is 10.1. The third-order valence-corrected chi connectivity index (χ3v) is 4.49. The predicted molar refractivity (Wildman–Crippen MR) is 66.2 cm³/mol. The number of carbonyl (C=O) groups is 1. The van der Waals surface area contributed by atoms with Gasteiger partial charge in [0.1, 0.15) is 0 Å². The van der Waals surface area contributed by atoms with Crippen molar-refractivity contribution in [1.82, 2.24) is 0 Å². The maximum atomic E-state index is 10.9. The Hall–Kier alpha value is -0.450. The molecule has 0 bridgehead atoms. The molecule has 0 fully saturated rings.